The second-order valence-corrected chi connectivity index (χ2v) is 7.13. The third-order valence-corrected chi connectivity index (χ3v) is 6.12. The van der Waals surface area contributed by atoms with Crippen molar-refractivity contribution in [3.05, 3.63) is 24.3 Å². The molecule has 1 N–H and O–H groups in total. The highest BCUT2D eigenvalue weighted by Gasteiger charge is 2.23. The van der Waals surface area contributed by atoms with E-state index in [1.54, 1.807) is 11.3 Å². The summed E-state index contributed by atoms with van der Waals surface area (Å²) in [5.74, 6) is 0. The van der Waals surface area contributed by atoms with Crippen LogP contribution >= 0.6 is 11.3 Å². The molecule has 2 aromatic rings. The number of piperidine rings is 1. The van der Waals surface area contributed by atoms with Crippen molar-refractivity contribution < 1.29 is 4.21 Å². The van der Waals surface area contributed by atoms with Crippen molar-refractivity contribution in [2.24, 2.45) is 0 Å². The normalized spacial score (nSPS) is 19.5. The van der Waals surface area contributed by atoms with E-state index in [-0.39, 0.29) is 5.25 Å². The molecule has 0 spiro atoms. The molecule has 2 heterocycles. The number of para-hydroxylation sites is 1. The maximum absolute atomic E-state index is 12.4. The number of hydrogen-bond acceptors (Lipinski definition) is 4. The quantitative estimate of drug-likeness (QED) is 0.905. The van der Waals surface area contributed by atoms with Crippen LogP contribution in [0.3, 0.4) is 0 Å². The van der Waals surface area contributed by atoms with Gasteiger partial charge in [-0.1, -0.05) is 12.1 Å². The maximum Gasteiger partial charge on any atom is 0.182 e. The lowest BCUT2D eigenvalue weighted by Crippen LogP contribution is -2.33. The zero-order chi connectivity index (χ0) is 11.7. The highest BCUT2D eigenvalue weighted by atomic mass is 32.2. The summed E-state index contributed by atoms with van der Waals surface area (Å²) < 4.78 is 14.3. The van der Waals surface area contributed by atoms with Gasteiger partial charge in [-0.3, -0.25) is 4.21 Å². The third kappa shape index (κ3) is 2.27. The standard InChI is InChI=1S/C12H14N2OS2/c15-17(9-5-7-13-8-6-9)12-14-10-3-1-2-4-11(10)16-12/h1-4,9,13H,5-8H2/t17-/m0/s1. The summed E-state index contributed by atoms with van der Waals surface area (Å²) in [6, 6.07) is 7.99. The Morgan fingerprint density at radius 1 is 1.29 bits per heavy atom. The van der Waals surface area contributed by atoms with Crippen LogP contribution < -0.4 is 5.32 Å². The molecule has 5 heteroatoms. The second kappa shape index (κ2) is 4.84. The maximum atomic E-state index is 12.4. The Morgan fingerprint density at radius 2 is 2.06 bits per heavy atom. The number of hydrogen-bond donors (Lipinski definition) is 1. The van der Waals surface area contributed by atoms with Gasteiger partial charge in [0.25, 0.3) is 0 Å². The Labute approximate surface area is 107 Å². The molecular weight excluding hydrogens is 252 g/mol. The molecule has 1 aromatic heterocycles. The number of thiazole rings is 1. The van der Waals surface area contributed by atoms with Gasteiger partial charge in [-0.25, -0.2) is 4.98 Å². The van der Waals surface area contributed by atoms with Crippen LogP contribution in [0.1, 0.15) is 12.8 Å². The Hall–Kier alpha value is -0.780. The lowest BCUT2D eigenvalue weighted by molar-refractivity contribution is 0.519. The van der Waals surface area contributed by atoms with E-state index >= 15 is 0 Å². The summed E-state index contributed by atoms with van der Waals surface area (Å²) >= 11 is 1.57. The molecule has 0 radical (unpaired) electrons. The molecule has 1 atom stereocenters. The molecule has 0 amide bonds. The molecule has 3 rings (SSSR count). The van der Waals surface area contributed by atoms with Crippen LogP contribution in [0.4, 0.5) is 0 Å². The van der Waals surface area contributed by atoms with Crippen LogP contribution in [-0.2, 0) is 10.8 Å². The summed E-state index contributed by atoms with van der Waals surface area (Å²) in [6.45, 7) is 1.95. The number of fused-ring (bicyclic) bond motifs is 1. The molecule has 0 saturated carbocycles. The molecule has 90 valence electrons. The van der Waals surface area contributed by atoms with E-state index in [9.17, 15) is 4.21 Å². The minimum atomic E-state index is -0.935. The van der Waals surface area contributed by atoms with Crippen molar-refractivity contribution in [3.63, 3.8) is 0 Å². The van der Waals surface area contributed by atoms with Gasteiger partial charge in [-0.2, -0.15) is 0 Å². The van der Waals surface area contributed by atoms with Gasteiger partial charge in [0.05, 0.1) is 21.0 Å². The topological polar surface area (TPSA) is 42.0 Å². The highest BCUT2D eigenvalue weighted by molar-refractivity contribution is 7.88. The van der Waals surface area contributed by atoms with Crippen molar-refractivity contribution in [2.45, 2.75) is 22.4 Å². The summed E-state index contributed by atoms with van der Waals surface area (Å²) in [4.78, 5) is 4.49. The SMILES string of the molecule is O=[S@](c1nc2ccccc2s1)C1CCNCC1. The van der Waals surface area contributed by atoms with Gasteiger partial charge < -0.3 is 5.32 Å². The van der Waals surface area contributed by atoms with Crippen molar-refractivity contribution in [3.8, 4) is 0 Å². The van der Waals surface area contributed by atoms with Crippen LogP contribution in [0, 0.1) is 0 Å². The zero-order valence-corrected chi connectivity index (χ0v) is 11.0. The van der Waals surface area contributed by atoms with Gasteiger partial charge in [-0.05, 0) is 38.1 Å². The van der Waals surface area contributed by atoms with Crippen molar-refractivity contribution >= 4 is 32.4 Å². The van der Waals surface area contributed by atoms with E-state index in [0.717, 1.165) is 40.5 Å². The Bertz CT molecular complexity index is 513. The van der Waals surface area contributed by atoms with Crippen LogP contribution in [0.2, 0.25) is 0 Å². The van der Waals surface area contributed by atoms with Crippen molar-refractivity contribution in [2.75, 3.05) is 13.1 Å². The number of aromatic nitrogens is 1. The van der Waals surface area contributed by atoms with E-state index in [1.165, 1.54) is 0 Å². The van der Waals surface area contributed by atoms with E-state index in [2.05, 4.69) is 10.3 Å². The fourth-order valence-corrected chi connectivity index (χ4v) is 4.93. The lowest BCUT2D eigenvalue weighted by Gasteiger charge is -2.20. The first-order valence-electron chi connectivity index (χ1n) is 5.81. The Morgan fingerprint density at radius 3 is 2.82 bits per heavy atom. The summed E-state index contributed by atoms with van der Waals surface area (Å²) in [5.41, 5.74) is 0.967. The lowest BCUT2D eigenvalue weighted by atomic mass is 10.2. The number of nitrogens with zero attached hydrogens (tertiary/aromatic N) is 1. The number of benzene rings is 1. The fourth-order valence-electron chi connectivity index (χ4n) is 2.09. The zero-order valence-electron chi connectivity index (χ0n) is 9.39. The minimum Gasteiger partial charge on any atom is -0.317 e. The largest absolute Gasteiger partial charge is 0.317 e. The van der Waals surface area contributed by atoms with Gasteiger partial charge in [0.15, 0.2) is 4.34 Å². The molecule has 3 nitrogen and oxygen atoms in total. The summed E-state index contributed by atoms with van der Waals surface area (Å²) in [6.07, 6.45) is 1.98. The first kappa shape index (κ1) is 11.3. The molecule has 1 aromatic carbocycles. The van der Waals surface area contributed by atoms with Crippen molar-refractivity contribution in [1.29, 1.82) is 0 Å². The van der Waals surface area contributed by atoms with E-state index in [4.69, 9.17) is 0 Å². The van der Waals surface area contributed by atoms with Crippen LogP contribution in [0.5, 0.6) is 0 Å². The van der Waals surface area contributed by atoms with Gasteiger partial charge >= 0.3 is 0 Å². The fraction of sp³-hybridized carbons (Fsp3) is 0.417. The number of rotatable bonds is 2. The average Bonchev–Trinajstić information content (AvgIpc) is 2.82. The first-order chi connectivity index (χ1) is 8.34. The molecule has 0 bridgehead atoms. The molecule has 0 unspecified atom stereocenters. The highest BCUT2D eigenvalue weighted by Crippen LogP contribution is 2.27. The predicted molar refractivity (Wildman–Crippen MR) is 71.9 cm³/mol. The minimum absolute atomic E-state index is 0.275. The van der Waals surface area contributed by atoms with E-state index in [1.807, 2.05) is 24.3 Å². The molecule has 1 fully saturated rings. The van der Waals surface area contributed by atoms with Gasteiger partial charge in [0.1, 0.15) is 0 Å². The molecule has 1 saturated heterocycles. The average molecular weight is 266 g/mol. The molecule has 1 aliphatic rings. The van der Waals surface area contributed by atoms with Gasteiger partial charge in [0.2, 0.25) is 0 Å². The number of nitrogens with one attached hydrogen (secondary N) is 1. The van der Waals surface area contributed by atoms with E-state index < -0.39 is 10.8 Å². The van der Waals surface area contributed by atoms with Crippen LogP contribution in [0.15, 0.2) is 28.6 Å². The predicted octanol–water partition coefficient (Wildman–Crippen LogP) is 2.16. The molecular formula is C12H14N2OS2. The first-order valence-corrected chi connectivity index (χ1v) is 7.84. The van der Waals surface area contributed by atoms with E-state index in [0.29, 0.717) is 0 Å². The van der Waals surface area contributed by atoms with Gasteiger partial charge in [0, 0.05) is 5.25 Å². The molecule has 0 aliphatic carbocycles. The van der Waals surface area contributed by atoms with Crippen LogP contribution in [0.25, 0.3) is 10.2 Å². The monoisotopic (exact) mass is 266 g/mol. The summed E-state index contributed by atoms with van der Waals surface area (Å²) in [7, 11) is -0.935. The smallest absolute Gasteiger partial charge is 0.182 e. The second-order valence-electron chi connectivity index (χ2n) is 4.19. The third-order valence-electron chi connectivity index (χ3n) is 3.04. The molecule has 17 heavy (non-hydrogen) atoms. The molecule has 1 aliphatic heterocycles. The Balaban J connectivity index is 1.89. The van der Waals surface area contributed by atoms with Gasteiger partial charge in [-0.15, -0.1) is 11.3 Å². The summed E-state index contributed by atoms with van der Waals surface area (Å²) in [5, 5.41) is 3.57. The van der Waals surface area contributed by atoms with Crippen molar-refractivity contribution in [1.82, 2.24) is 10.3 Å². The van der Waals surface area contributed by atoms with Crippen LogP contribution in [-0.4, -0.2) is 27.5 Å². The Kier molecular flexibility index (Phi) is 3.22.